The van der Waals surface area contributed by atoms with Crippen LogP contribution in [-0.4, -0.2) is 11.2 Å². The van der Waals surface area contributed by atoms with Gasteiger partial charge in [-0.25, -0.2) is 0 Å². The van der Waals surface area contributed by atoms with Crippen molar-refractivity contribution in [2.75, 3.05) is 0 Å². The van der Waals surface area contributed by atoms with Crippen molar-refractivity contribution in [1.82, 2.24) is 0 Å². The van der Waals surface area contributed by atoms with Gasteiger partial charge in [-0.2, -0.15) is 13.2 Å². The molecule has 1 aromatic carbocycles. The van der Waals surface area contributed by atoms with Crippen LogP contribution in [0.25, 0.3) is 0 Å². The lowest BCUT2D eigenvalue weighted by molar-refractivity contribution is -0.138. The molecule has 2 nitrogen and oxygen atoms in total. The highest BCUT2D eigenvalue weighted by Gasteiger charge is 2.38. The topological polar surface area (TPSA) is 46.2 Å². The minimum atomic E-state index is -4.53. The highest BCUT2D eigenvalue weighted by Crippen LogP contribution is 2.39. The minimum absolute atomic E-state index is 0.00130. The summed E-state index contributed by atoms with van der Waals surface area (Å²) in [5.74, 6) is -0.00763. The summed E-state index contributed by atoms with van der Waals surface area (Å²) in [6.45, 7) is 0. The van der Waals surface area contributed by atoms with Gasteiger partial charge in [0.2, 0.25) is 0 Å². The fourth-order valence-corrected chi connectivity index (χ4v) is 2.50. The molecular formula is C13H15ClF3NO. The summed E-state index contributed by atoms with van der Waals surface area (Å²) in [6, 6.07) is 2.42. The van der Waals surface area contributed by atoms with Crippen LogP contribution >= 0.6 is 11.6 Å². The van der Waals surface area contributed by atoms with Gasteiger partial charge in [0.1, 0.15) is 0 Å². The van der Waals surface area contributed by atoms with E-state index in [0.29, 0.717) is 0 Å². The van der Waals surface area contributed by atoms with Gasteiger partial charge in [-0.05, 0) is 36.5 Å². The number of aliphatic hydroxyl groups is 1. The average Bonchev–Trinajstić information content (AvgIpc) is 2.24. The highest BCUT2D eigenvalue weighted by atomic mass is 35.5. The number of rotatable bonds is 3. The first-order valence-corrected chi connectivity index (χ1v) is 6.49. The SMILES string of the molecule is N[C@@H](c1ccc(Cl)cc1C(F)(F)F)[C@H](O)C1CCC1. The molecule has 3 N–H and O–H groups in total. The fraction of sp³-hybridized carbons (Fsp3) is 0.538. The van der Waals surface area contributed by atoms with E-state index in [2.05, 4.69) is 0 Å². The normalized spacial score (nSPS) is 19.9. The van der Waals surface area contributed by atoms with Crippen LogP contribution in [0, 0.1) is 5.92 Å². The van der Waals surface area contributed by atoms with Crippen LogP contribution in [0.3, 0.4) is 0 Å². The first-order chi connectivity index (χ1) is 8.80. The van der Waals surface area contributed by atoms with Crippen molar-refractivity contribution < 1.29 is 18.3 Å². The maximum atomic E-state index is 13.0. The maximum Gasteiger partial charge on any atom is 0.416 e. The third-order valence-corrected chi connectivity index (χ3v) is 3.92. The van der Waals surface area contributed by atoms with Crippen molar-refractivity contribution in [3.63, 3.8) is 0 Å². The molecule has 0 aliphatic heterocycles. The van der Waals surface area contributed by atoms with E-state index in [0.717, 1.165) is 25.3 Å². The summed E-state index contributed by atoms with van der Waals surface area (Å²) in [5.41, 5.74) is 4.83. The lowest BCUT2D eigenvalue weighted by Gasteiger charge is -2.34. The van der Waals surface area contributed by atoms with Crippen LogP contribution < -0.4 is 5.73 Å². The van der Waals surface area contributed by atoms with Crippen molar-refractivity contribution in [3.8, 4) is 0 Å². The molecule has 1 aliphatic carbocycles. The molecule has 1 aromatic rings. The first kappa shape index (κ1) is 14.6. The van der Waals surface area contributed by atoms with Gasteiger partial charge in [-0.3, -0.25) is 0 Å². The van der Waals surface area contributed by atoms with Gasteiger partial charge in [-0.15, -0.1) is 0 Å². The van der Waals surface area contributed by atoms with E-state index in [1.807, 2.05) is 0 Å². The van der Waals surface area contributed by atoms with Gasteiger partial charge in [0.15, 0.2) is 0 Å². The Morgan fingerprint density at radius 3 is 2.42 bits per heavy atom. The Labute approximate surface area is 114 Å². The van der Waals surface area contributed by atoms with E-state index in [1.165, 1.54) is 12.1 Å². The van der Waals surface area contributed by atoms with Crippen molar-refractivity contribution in [2.45, 2.75) is 37.6 Å². The summed E-state index contributed by atoms with van der Waals surface area (Å²) in [7, 11) is 0. The molecule has 2 rings (SSSR count). The summed E-state index contributed by atoms with van der Waals surface area (Å²) < 4.78 is 38.9. The molecule has 2 atom stereocenters. The van der Waals surface area contributed by atoms with Crippen LogP contribution in [0.5, 0.6) is 0 Å². The predicted molar refractivity (Wildman–Crippen MR) is 66.7 cm³/mol. The van der Waals surface area contributed by atoms with E-state index in [4.69, 9.17) is 17.3 Å². The van der Waals surface area contributed by atoms with Crippen molar-refractivity contribution >= 4 is 11.6 Å². The number of aliphatic hydroxyl groups excluding tert-OH is 1. The molecular weight excluding hydrogens is 279 g/mol. The summed E-state index contributed by atoms with van der Waals surface area (Å²) in [5, 5.41) is 10.0. The smallest absolute Gasteiger partial charge is 0.391 e. The van der Waals surface area contributed by atoms with Gasteiger partial charge in [-0.1, -0.05) is 24.1 Å². The fourth-order valence-electron chi connectivity index (χ4n) is 2.32. The quantitative estimate of drug-likeness (QED) is 0.896. The summed E-state index contributed by atoms with van der Waals surface area (Å²) in [4.78, 5) is 0. The Bertz CT molecular complexity index is 460. The molecule has 0 aromatic heterocycles. The third-order valence-electron chi connectivity index (χ3n) is 3.68. The van der Waals surface area contributed by atoms with Crippen molar-refractivity contribution in [1.29, 1.82) is 0 Å². The predicted octanol–water partition coefficient (Wildman–Crippen LogP) is 3.52. The van der Waals surface area contributed by atoms with Crippen LogP contribution in [0.1, 0.15) is 36.4 Å². The van der Waals surface area contributed by atoms with Crippen LogP contribution in [-0.2, 0) is 6.18 Å². The molecule has 0 spiro atoms. The Kier molecular flexibility index (Phi) is 4.08. The van der Waals surface area contributed by atoms with Gasteiger partial charge in [0.25, 0.3) is 0 Å². The van der Waals surface area contributed by atoms with Crippen molar-refractivity contribution in [2.24, 2.45) is 11.7 Å². The average molecular weight is 294 g/mol. The zero-order valence-corrected chi connectivity index (χ0v) is 10.9. The lowest BCUT2D eigenvalue weighted by atomic mass is 9.77. The molecule has 0 amide bonds. The number of hydrogen-bond acceptors (Lipinski definition) is 2. The van der Waals surface area contributed by atoms with Crippen LogP contribution in [0.15, 0.2) is 18.2 Å². The van der Waals surface area contributed by atoms with Crippen LogP contribution in [0.4, 0.5) is 13.2 Å². The number of hydrogen-bond donors (Lipinski definition) is 2. The Balaban J connectivity index is 2.32. The van der Waals surface area contributed by atoms with Crippen LogP contribution in [0.2, 0.25) is 5.02 Å². The molecule has 1 fully saturated rings. The second kappa shape index (κ2) is 5.31. The number of halogens is 4. The zero-order valence-electron chi connectivity index (χ0n) is 10.1. The number of alkyl halides is 3. The molecule has 0 unspecified atom stereocenters. The molecule has 0 radical (unpaired) electrons. The van der Waals surface area contributed by atoms with Gasteiger partial charge < -0.3 is 10.8 Å². The number of benzene rings is 1. The molecule has 1 saturated carbocycles. The molecule has 0 saturated heterocycles. The zero-order chi connectivity index (χ0) is 14.2. The molecule has 106 valence electrons. The third kappa shape index (κ3) is 3.04. The van der Waals surface area contributed by atoms with Gasteiger partial charge in [0.05, 0.1) is 17.7 Å². The summed E-state index contributed by atoms with van der Waals surface area (Å²) >= 11 is 5.60. The standard InChI is InChI=1S/C13H15ClF3NO/c14-8-4-5-9(10(6-8)13(15,16)17)11(18)12(19)7-2-1-3-7/h4-7,11-12,19H,1-3,18H2/t11-,12+/m0/s1. The lowest BCUT2D eigenvalue weighted by Crippen LogP contribution is -2.37. The molecule has 6 heteroatoms. The second-order valence-corrected chi connectivity index (χ2v) is 5.37. The molecule has 1 aliphatic rings. The molecule has 19 heavy (non-hydrogen) atoms. The van der Waals surface area contributed by atoms with Gasteiger partial charge in [0, 0.05) is 5.02 Å². The summed E-state index contributed by atoms with van der Waals surface area (Å²) in [6.07, 6.45) is -2.87. The van der Waals surface area contributed by atoms with Gasteiger partial charge >= 0.3 is 6.18 Å². The van der Waals surface area contributed by atoms with E-state index in [-0.39, 0.29) is 16.5 Å². The van der Waals surface area contributed by atoms with E-state index in [1.54, 1.807) is 0 Å². The molecule has 0 bridgehead atoms. The first-order valence-electron chi connectivity index (χ1n) is 6.11. The van der Waals surface area contributed by atoms with E-state index in [9.17, 15) is 18.3 Å². The maximum absolute atomic E-state index is 13.0. The molecule has 0 heterocycles. The largest absolute Gasteiger partial charge is 0.416 e. The minimum Gasteiger partial charge on any atom is -0.391 e. The highest BCUT2D eigenvalue weighted by molar-refractivity contribution is 6.30. The monoisotopic (exact) mass is 293 g/mol. The van der Waals surface area contributed by atoms with E-state index < -0.39 is 23.9 Å². The second-order valence-electron chi connectivity index (χ2n) is 4.94. The Hall–Kier alpha value is -0.780. The number of nitrogens with two attached hydrogens (primary N) is 1. The Morgan fingerprint density at radius 2 is 1.95 bits per heavy atom. The Morgan fingerprint density at radius 1 is 1.32 bits per heavy atom. The van der Waals surface area contributed by atoms with E-state index >= 15 is 0 Å². The van der Waals surface area contributed by atoms with Crippen molar-refractivity contribution in [3.05, 3.63) is 34.3 Å².